The van der Waals surface area contributed by atoms with E-state index in [1.54, 1.807) is 6.07 Å². The highest BCUT2D eigenvalue weighted by Gasteiger charge is 2.13. The number of aryl methyl sites for hydroxylation is 1. The number of nitrogens with zero attached hydrogens (tertiary/aromatic N) is 2. The molecule has 1 aromatic heterocycles. The van der Waals surface area contributed by atoms with Gasteiger partial charge in [-0.3, -0.25) is 10.1 Å². The van der Waals surface area contributed by atoms with Gasteiger partial charge in [0.15, 0.2) is 0 Å². The highest BCUT2D eigenvalue weighted by Crippen LogP contribution is 2.23. The van der Waals surface area contributed by atoms with Crippen LogP contribution in [0.5, 0.6) is 0 Å². The van der Waals surface area contributed by atoms with E-state index in [1.165, 1.54) is 4.90 Å². The first-order valence-corrected chi connectivity index (χ1v) is 9.34. The summed E-state index contributed by atoms with van der Waals surface area (Å²) < 4.78 is 5.56. The fourth-order valence-electron chi connectivity index (χ4n) is 2.50. The van der Waals surface area contributed by atoms with Crippen molar-refractivity contribution in [3.05, 3.63) is 71.1 Å². The molecule has 0 spiro atoms. The summed E-state index contributed by atoms with van der Waals surface area (Å²) in [6.45, 7) is 6.23. The number of carbonyl (C=O) groups excluding carboxylic acids is 1. The third kappa shape index (κ3) is 4.73. The first-order valence-electron chi connectivity index (χ1n) is 8.46. The molecule has 2 aromatic carbocycles. The molecule has 1 N–H and O–H groups in total. The van der Waals surface area contributed by atoms with Crippen LogP contribution in [0.4, 0.5) is 6.01 Å². The van der Waals surface area contributed by atoms with Crippen LogP contribution < -0.4 is 5.32 Å². The van der Waals surface area contributed by atoms with Crippen LogP contribution in [-0.2, 0) is 6.42 Å². The molecule has 0 saturated heterocycles. The fourth-order valence-corrected chi connectivity index (χ4v) is 3.34. The highest BCUT2D eigenvalue weighted by molar-refractivity contribution is 7.99. The number of hydrogen-bond acceptors (Lipinski definition) is 5. The molecule has 0 bridgehead atoms. The summed E-state index contributed by atoms with van der Waals surface area (Å²) in [6.07, 6.45) is 0.528. The minimum Gasteiger partial charge on any atom is -0.407 e. The third-order valence-corrected chi connectivity index (χ3v) is 4.74. The maximum Gasteiger partial charge on any atom is 0.322 e. The average Bonchev–Trinajstić information content (AvgIpc) is 3.03. The number of thioether (sulfide) groups is 1. The molecule has 0 aliphatic rings. The van der Waals surface area contributed by atoms with Gasteiger partial charge in [-0.25, -0.2) is 0 Å². The molecule has 0 radical (unpaired) electrons. The summed E-state index contributed by atoms with van der Waals surface area (Å²) in [5.41, 5.74) is 2.56. The van der Waals surface area contributed by atoms with Crippen LogP contribution in [0.15, 0.2) is 57.8 Å². The van der Waals surface area contributed by atoms with Crippen LogP contribution in [0, 0.1) is 6.92 Å². The molecule has 5 nitrogen and oxygen atoms in total. The Morgan fingerprint density at radius 3 is 2.54 bits per heavy atom. The van der Waals surface area contributed by atoms with Gasteiger partial charge in [0, 0.05) is 15.7 Å². The number of amides is 1. The lowest BCUT2D eigenvalue weighted by Gasteiger charge is -2.05. The van der Waals surface area contributed by atoms with Gasteiger partial charge in [0.25, 0.3) is 5.91 Å². The van der Waals surface area contributed by atoms with E-state index in [1.807, 2.05) is 36.9 Å². The Labute approximate surface area is 157 Å². The van der Waals surface area contributed by atoms with Crippen molar-refractivity contribution < 1.29 is 9.21 Å². The van der Waals surface area contributed by atoms with Crippen LogP contribution in [0.2, 0.25) is 0 Å². The molecule has 0 fully saturated rings. The number of anilines is 1. The topological polar surface area (TPSA) is 68.0 Å². The maximum atomic E-state index is 12.3. The zero-order valence-electron chi connectivity index (χ0n) is 15.0. The lowest BCUT2D eigenvalue weighted by atomic mass is 10.1. The van der Waals surface area contributed by atoms with Gasteiger partial charge < -0.3 is 4.42 Å². The molecule has 0 atom stereocenters. The Kier molecular flexibility index (Phi) is 5.73. The molecule has 3 aromatic rings. The average molecular weight is 367 g/mol. The minimum absolute atomic E-state index is 0.111. The maximum absolute atomic E-state index is 12.3. The van der Waals surface area contributed by atoms with Gasteiger partial charge in [-0.2, -0.15) is 0 Å². The van der Waals surface area contributed by atoms with Gasteiger partial charge in [0.1, 0.15) is 0 Å². The largest absolute Gasteiger partial charge is 0.407 e. The molecule has 26 heavy (non-hydrogen) atoms. The Balaban J connectivity index is 1.63. The van der Waals surface area contributed by atoms with E-state index in [0.717, 1.165) is 11.1 Å². The van der Waals surface area contributed by atoms with E-state index in [4.69, 9.17) is 4.42 Å². The molecule has 134 valence electrons. The zero-order chi connectivity index (χ0) is 18.5. The van der Waals surface area contributed by atoms with E-state index in [-0.39, 0.29) is 11.9 Å². The SMILES string of the molecule is Cc1ccccc1C(=O)Nc1nnc(Cc2ccc(SC(C)C)cc2)o1. The van der Waals surface area contributed by atoms with Crippen molar-refractivity contribution in [2.24, 2.45) is 0 Å². The second-order valence-corrected chi connectivity index (χ2v) is 7.91. The second kappa shape index (κ2) is 8.19. The van der Waals surface area contributed by atoms with E-state index in [0.29, 0.717) is 23.1 Å². The van der Waals surface area contributed by atoms with Crippen LogP contribution in [0.1, 0.15) is 41.2 Å². The van der Waals surface area contributed by atoms with Crippen molar-refractivity contribution in [3.63, 3.8) is 0 Å². The second-order valence-electron chi connectivity index (χ2n) is 6.26. The molecule has 0 aliphatic heterocycles. The lowest BCUT2D eigenvalue weighted by Crippen LogP contribution is -2.13. The molecule has 1 amide bonds. The van der Waals surface area contributed by atoms with Crippen molar-refractivity contribution in [2.75, 3.05) is 5.32 Å². The quantitative estimate of drug-likeness (QED) is 0.638. The van der Waals surface area contributed by atoms with Crippen LogP contribution in [0.3, 0.4) is 0 Å². The Morgan fingerprint density at radius 2 is 1.85 bits per heavy atom. The zero-order valence-corrected chi connectivity index (χ0v) is 15.8. The highest BCUT2D eigenvalue weighted by atomic mass is 32.2. The van der Waals surface area contributed by atoms with E-state index in [9.17, 15) is 4.79 Å². The summed E-state index contributed by atoms with van der Waals surface area (Å²) in [4.78, 5) is 13.5. The van der Waals surface area contributed by atoms with Crippen LogP contribution in [-0.4, -0.2) is 21.4 Å². The number of benzene rings is 2. The third-order valence-electron chi connectivity index (χ3n) is 3.73. The van der Waals surface area contributed by atoms with Gasteiger partial charge in [0.05, 0.1) is 6.42 Å². The van der Waals surface area contributed by atoms with Gasteiger partial charge in [-0.15, -0.1) is 16.9 Å². The summed E-state index contributed by atoms with van der Waals surface area (Å²) in [5.74, 6) is 0.211. The minimum atomic E-state index is -0.256. The monoisotopic (exact) mass is 367 g/mol. The van der Waals surface area contributed by atoms with Gasteiger partial charge in [0.2, 0.25) is 5.89 Å². The molecule has 1 heterocycles. The molecule has 0 unspecified atom stereocenters. The molecule has 3 rings (SSSR count). The molecular formula is C20H21N3O2S. The number of aromatic nitrogens is 2. The standard InChI is InChI=1S/C20H21N3O2S/c1-13(2)26-16-10-8-15(9-11-16)12-18-22-23-20(25-18)21-19(24)17-7-5-4-6-14(17)3/h4-11,13H,12H2,1-3H3,(H,21,23,24). The molecule has 0 aliphatic carbocycles. The van der Waals surface area contributed by atoms with E-state index in [2.05, 4.69) is 53.6 Å². The molecule has 6 heteroatoms. The summed E-state index contributed by atoms with van der Waals surface area (Å²) in [6, 6.07) is 15.8. The first kappa shape index (κ1) is 18.2. The van der Waals surface area contributed by atoms with Crippen molar-refractivity contribution in [3.8, 4) is 0 Å². The van der Waals surface area contributed by atoms with E-state index >= 15 is 0 Å². The van der Waals surface area contributed by atoms with Crippen LogP contribution >= 0.6 is 11.8 Å². The van der Waals surface area contributed by atoms with Crippen LogP contribution in [0.25, 0.3) is 0 Å². The smallest absolute Gasteiger partial charge is 0.322 e. The molecular weight excluding hydrogens is 346 g/mol. The fraction of sp³-hybridized carbons (Fsp3) is 0.250. The number of rotatable bonds is 6. The molecule has 0 saturated carbocycles. The normalized spacial score (nSPS) is 10.9. The Hall–Kier alpha value is -2.60. The van der Waals surface area contributed by atoms with Crippen molar-refractivity contribution in [1.82, 2.24) is 10.2 Å². The first-order chi connectivity index (χ1) is 12.5. The summed E-state index contributed by atoms with van der Waals surface area (Å²) in [7, 11) is 0. The van der Waals surface area contributed by atoms with Crippen molar-refractivity contribution in [1.29, 1.82) is 0 Å². The number of hydrogen-bond donors (Lipinski definition) is 1. The predicted octanol–water partition coefficient (Wildman–Crippen LogP) is 4.72. The predicted molar refractivity (Wildman–Crippen MR) is 104 cm³/mol. The Bertz CT molecular complexity index is 888. The summed E-state index contributed by atoms with van der Waals surface area (Å²) >= 11 is 1.82. The van der Waals surface area contributed by atoms with Gasteiger partial charge >= 0.3 is 6.01 Å². The van der Waals surface area contributed by atoms with Gasteiger partial charge in [-0.05, 0) is 36.2 Å². The van der Waals surface area contributed by atoms with Gasteiger partial charge in [-0.1, -0.05) is 49.3 Å². The Morgan fingerprint density at radius 1 is 1.12 bits per heavy atom. The van der Waals surface area contributed by atoms with Crippen molar-refractivity contribution in [2.45, 2.75) is 37.3 Å². The number of nitrogens with one attached hydrogen (secondary N) is 1. The number of carbonyl (C=O) groups is 1. The van der Waals surface area contributed by atoms with Crippen molar-refractivity contribution >= 4 is 23.7 Å². The van der Waals surface area contributed by atoms with E-state index < -0.39 is 0 Å². The summed E-state index contributed by atoms with van der Waals surface area (Å²) in [5, 5.41) is 11.1. The lowest BCUT2D eigenvalue weighted by molar-refractivity contribution is 0.102.